The van der Waals surface area contributed by atoms with E-state index in [1.54, 1.807) is 18.3 Å². The van der Waals surface area contributed by atoms with Crippen molar-refractivity contribution in [1.29, 1.82) is 0 Å². The van der Waals surface area contributed by atoms with Crippen LogP contribution in [0, 0.1) is 24.0 Å². The largest absolute Gasteiger partial charge is 0.324 e. The molecule has 6 aromatic rings. The molecule has 5 aromatic carbocycles. The van der Waals surface area contributed by atoms with Crippen LogP contribution in [0.1, 0.15) is 16.7 Å². The second-order valence-electron chi connectivity index (χ2n) is 9.76. The summed E-state index contributed by atoms with van der Waals surface area (Å²) in [6, 6.07) is 30.5. The predicted octanol–water partition coefficient (Wildman–Crippen LogP) is 7.64. The highest BCUT2D eigenvalue weighted by Gasteiger charge is 2.11. The van der Waals surface area contributed by atoms with E-state index in [0.29, 0.717) is 11.6 Å². The fourth-order valence-electron chi connectivity index (χ4n) is 4.62. The Labute approximate surface area is 241 Å². The first-order chi connectivity index (χ1) is 20.4. The SMILES string of the molecule is Cc1ccc(Nc2nc(N/N=C\c3c4ccccc4cc4ccccc34)nc(Nc3ccc([N+](=O)[O-])cc3)n2)cc1C. The molecule has 0 radical (unpaired) electrons. The third-order valence-corrected chi connectivity index (χ3v) is 6.90. The van der Waals surface area contributed by atoms with Crippen LogP contribution in [0.25, 0.3) is 21.5 Å². The Bertz CT molecular complexity index is 1920. The first-order valence-electron chi connectivity index (χ1n) is 13.2. The van der Waals surface area contributed by atoms with Gasteiger partial charge < -0.3 is 10.6 Å². The zero-order valence-corrected chi connectivity index (χ0v) is 22.9. The van der Waals surface area contributed by atoms with Crippen LogP contribution >= 0.6 is 0 Å². The molecule has 0 spiro atoms. The number of aryl methyl sites for hydroxylation is 2. The van der Waals surface area contributed by atoms with Crippen LogP contribution in [-0.2, 0) is 0 Å². The molecule has 0 aliphatic heterocycles. The Morgan fingerprint density at radius 2 is 1.26 bits per heavy atom. The number of nitro groups is 1. The number of rotatable bonds is 8. The minimum atomic E-state index is -0.447. The Morgan fingerprint density at radius 3 is 1.88 bits per heavy atom. The van der Waals surface area contributed by atoms with Crippen molar-refractivity contribution >= 4 is 62.7 Å². The van der Waals surface area contributed by atoms with Crippen molar-refractivity contribution in [2.75, 3.05) is 16.1 Å². The number of fused-ring (bicyclic) bond motifs is 2. The second-order valence-corrected chi connectivity index (χ2v) is 9.76. The van der Waals surface area contributed by atoms with Crippen LogP contribution < -0.4 is 16.1 Å². The highest BCUT2D eigenvalue weighted by molar-refractivity contribution is 6.13. The number of aromatic nitrogens is 3. The van der Waals surface area contributed by atoms with Gasteiger partial charge in [-0.15, -0.1) is 0 Å². The van der Waals surface area contributed by atoms with E-state index in [0.717, 1.165) is 38.4 Å². The Balaban J connectivity index is 1.34. The topological polar surface area (TPSA) is 130 Å². The lowest BCUT2D eigenvalue weighted by atomic mass is 9.97. The number of hydrogen-bond acceptors (Lipinski definition) is 9. The van der Waals surface area contributed by atoms with Crippen molar-refractivity contribution in [1.82, 2.24) is 15.0 Å². The molecule has 10 nitrogen and oxygen atoms in total. The maximum absolute atomic E-state index is 11.0. The van der Waals surface area contributed by atoms with Gasteiger partial charge in [0.1, 0.15) is 0 Å². The molecule has 6 rings (SSSR count). The molecule has 206 valence electrons. The molecule has 10 heteroatoms. The monoisotopic (exact) mass is 554 g/mol. The molecule has 0 saturated heterocycles. The summed E-state index contributed by atoms with van der Waals surface area (Å²) in [6.45, 7) is 4.08. The van der Waals surface area contributed by atoms with Gasteiger partial charge in [0.2, 0.25) is 17.8 Å². The molecule has 0 unspecified atom stereocenters. The summed E-state index contributed by atoms with van der Waals surface area (Å²) < 4.78 is 0. The first-order valence-corrected chi connectivity index (χ1v) is 13.2. The standard InChI is InChI=1S/C32H26N8O2/c1-20-11-12-25(17-21(20)2)35-31-36-30(34-24-13-15-26(16-14-24)40(41)42)37-32(38-31)39-33-19-29-27-9-5-3-7-22(27)18-23-8-4-6-10-28(23)29/h3-19H,1-2H3,(H3,34,35,36,37,38,39)/b33-19-. The van der Waals surface area contributed by atoms with Gasteiger partial charge >= 0.3 is 0 Å². The van der Waals surface area contributed by atoms with E-state index >= 15 is 0 Å². The normalized spacial score (nSPS) is 11.2. The van der Waals surface area contributed by atoms with Crippen LogP contribution in [0.3, 0.4) is 0 Å². The van der Waals surface area contributed by atoms with E-state index in [-0.39, 0.29) is 17.6 Å². The van der Waals surface area contributed by atoms with Gasteiger partial charge in [-0.2, -0.15) is 20.1 Å². The Kier molecular flexibility index (Phi) is 7.08. The van der Waals surface area contributed by atoms with Crippen LogP contribution in [0.15, 0.2) is 102 Å². The van der Waals surface area contributed by atoms with Gasteiger partial charge in [0.15, 0.2) is 0 Å². The van der Waals surface area contributed by atoms with Gasteiger partial charge in [-0.05, 0) is 76.9 Å². The van der Waals surface area contributed by atoms with Crippen molar-refractivity contribution in [3.63, 3.8) is 0 Å². The van der Waals surface area contributed by atoms with Crippen LogP contribution in [0.2, 0.25) is 0 Å². The molecule has 1 heterocycles. The number of benzene rings is 5. The number of nitrogens with zero attached hydrogens (tertiary/aromatic N) is 5. The smallest absolute Gasteiger partial charge is 0.269 e. The summed E-state index contributed by atoms with van der Waals surface area (Å²) in [7, 11) is 0. The van der Waals surface area contributed by atoms with E-state index in [9.17, 15) is 10.1 Å². The van der Waals surface area contributed by atoms with Gasteiger partial charge in [-0.3, -0.25) is 10.1 Å². The maximum atomic E-state index is 11.0. The summed E-state index contributed by atoms with van der Waals surface area (Å²) >= 11 is 0. The maximum Gasteiger partial charge on any atom is 0.269 e. The second kappa shape index (κ2) is 11.3. The molecular formula is C32H26N8O2. The van der Waals surface area contributed by atoms with Crippen LogP contribution in [-0.4, -0.2) is 26.1 Å². The van der Waals surface area contributed by atoms with Crippen molar-refractivity contribution in [3.05, 3.63) is 124 Å². The Morgan fingerprint density at radius 1 is 0.690 bits per heavy atom. The minimum absolute atomic E-state index is 0.00838. The van der Waals surface area contributed by atoms with Gasteiger partial charge in [-0.1, -0.05) is 54.6 Å². The third kappa shape index (κ3) is 5.68. The number of nitrogens with one attached hydrogen (secondary N) is 3. The molecule has 0 aliphatic carbocycles. The van der Waals surface area contributed by atoms with E-state index in [1.165, 1.54) is 17.7 Å². The third-order valence-electron chi connectivity index (χ3n) is 6.90. The molecule has 1 aromatic heterocycles. The van der Waals surface area contributed by atoms with Gasteiger partial charge in [0.25, 0.3) is 5.69 Å². The Hall–Kier alpha value is -5.90. The lowest BCUT2D eigenvalue weighted by Crippen LogP contribution is -2.07. The molecule has 42 heavy (non-hydrogen) atoms. The molecule has 0 atom stereocenters. The quantitative estimate of drug-likeness (QED) is 0.0757. The van der Waals surface area contributed by atoms with Crippen molar-refractivity contribution in [2.45, 2.75) is 13.8 Å². The summed E-state index contributed by atoms with van der Waals surface area (Å²) in [5.74, 6) is 0.742. The fraction of sp³-hybridized carbons (Fsp3) is 0.0625. The van der Waals surface area contributed by atoms with Crippen molar-refractivity contribution in [2.24, 2.45) is 5.10 Å². The summed E-state index contributed by atoms with van der Waals surface area (Å²) in [4.78, 5) is 24.1. The average molecular weight is 555 g/mol. The van der Waals surface area contributed by atoms with E-state index in [2.05, 4.69) is 66.4 Å². The van der Waals surface area contributed by atoms with Crippen LogP contribution in [0.5, 0.6) is 0 Å². The summed E-state index contributed by atoms with van der Waals surface area (Å²) in [5.41, 5.74) is 7.63. The number of anilines is 5. The molecule has 3 N–H and O–H groups in total. The molecule has 0 saturated carbocycles. The first kappa shape index (κ1) is 26.3. The zero-order valence-electron chi connectivity index (χ0n) is 22.9. The molecule has 0 aliphatic rings. The lowest BCUT2D eigenvalue weighted by molar-refractivity contribution is -0.384. The van der Waals surface area contributed by atoms with E-state index in [1.807, 2.05) is 56.3 Å². The summed E-state index contributed by atoms with van der Waals surface area (Å²) in [6.07, 6.45) is 1.77. The number of hydrazone groups is 1. The number of nitro benzene ring substituents is 1. The molecule has 0 amide bonds. The van der Waals surface area contributed by atoms with E-state index in [4.69, 9.17) is 0 Å². The van der Waals surface area contributed by atoms with E-state index < -0.39 is 4.92 Å². The van der Waals surface area contributed by atoms with Crippen molar-refractivity contribution in [3.8, 4) is 0 Å². The van der Waals surface area contributed by atoms with Crippen molar-refractivity contribution < 1.29 is 4.92 Å². The van der Waals surface area contributed by atoms with Gasteiger partial charge in [0.05, 0.1) is 11.1 Å². The minimum Gasteiger partial charge on any atom is -0.324 e. The summed E-state index contributed by atoms with van der Waals surface area (Å²) in [5, 5.41) is 26.3. The predicted molar refractivity (Wildman–Crippen MR) is 168 cm³/mol. The fourth-order valence-corrected chi connectivity index (χ4v) is 4.62. The lowest BCUT2D eigenvalue weighted by Gasteiger charge is -2.11. The highest BCUT2D eigenvalue weighted by atomic mass is 16.6. The molecule has 0 bridgehead atoms. The number of hydrogen-bond donors (Lipinski definition) is 3. The number of non-ortho nitro benzene ring substituents is 1. The highest BCUT2D eigenvalue weighted by Crippen LogP contribution is 2.27. The molecule has 0 fully saturated rings. The van der Waals surface area contributed by atoms with Gasteiger partial charge in [-0.25, -0.2) is 5.43 Å². The average Bonchev–Trinajstić information content (AvgIpc) is 2.99. The van der Waals surface area contributed by atoms with Crippen LogP contribution in [0.4, 0.5) is 34.9 Å². The van der Waals surface area contributed by atoms with Gasteiger partial charge in [0, 0.05) is 29.1 Å². The molecular weight excluding hydrogens is 528 g/mol. The zero-order chi connectivity index (χ0) is 29.1.